The first-order valence-electron chi connectivity index (χ1n) is 7.35. The van der Waals surface area contributed by atoms with Crippen molar-refractivity contribution in [1.29, 1.82) is 0 Å². The number of ether oxygens (including phenoxy) is 1. The maximum absolute atomic E-state index is 5.31. The summed E-state index contributed by atoms with van der Waals surface area (Å²) in [5, 5.41) is 3.75. The van der Waals surface area contributed by atoms with Crippen molar-refractivity contribution in [3.8, 4) is 5.75 Å². The van der Waals surface area contributed by atoms with Crippen LogP contribution >= 0.6 is 15.9 Å². The molecule has 0 saturated carbocycles. The van der Waals surface area contributed by atoms with E-state index in [1.165, 1.54) is 27.6 Å². The predicted molar refractivity (Wildman–Crippen MR) is 89.7 cm³/mol. The van der Waals surface area contributed by atoms with Gasteiger partial charge in [0.25, 0.3) is 0 Å². The van der Waals surface area contributed by atoms with Gasteiger partial charge < -0.3 is 10.1 Å². The zero-order chi connectivity index (χ0) is 14.8. The summed E-state index contributed by atoms with van der Waals surface area (Å²) in [4.78, 5) is 0. The summed E-state index contributed by atoms with van der Waals surface area (Å²) in [7, 11) is 1.71. The number of hydrogen-bond acceptors (Lipinski definition) is 2. The van der Waals surface area contributed by atoms with Gasteiger partial charge in [-0.25, -0.2) is 0 Å². The molecule has 3 heteroatoms. The van der Waals surface area contributed by atoms with Crippen molar-refractivity contribution in [2.45, 2.75) is 31.8 Å². The maximum Gasteiger partial charge on any atom is 0.119 e. The van der Waals surface area contributed by atoms with Crippen molar-refractivity contribution in [2.24, 2.45) is 0 Å². The maximum atomic E-state index is 5.31. The molecule has 0 radical (unpaired) electrons. The van der Waals surface area contributed by atoms with Crippen LogP contribution in [0.25, 0.3) is 0 Å². The van der Waals surface area contributed by atoms with Gasteiger partial charge in [-0.15, -0.1) is 0 Å². The van der Waals surface area contributed by atoms with Gasteiger partial charge in [0.15, 0.2) is 0 Å². The second kappa shape index (κ2) is 6.20. The van der Waals surface area contributed by atoms with Crippen molar-refractivity contribution in [2.75, 3.05) is 7.11 Å². The fourth-order valence-electron chi connectivity index (χ4n) is 3.07. The Morgan fingerprint density at radius 3 is 2.90 bits per heavy atom. The van der Waals surface area contributed by atoms with E-state index in [9.17, 15) is 0 Å². The van der Waals surface area contributed by atoms with Gasteiger partial charge in [-0.3, -0.25) is 0 Å². The summed E-state index contributed by atoms with van der Waals surface area (Å²) in [5.74, 6) is 0.914. The second-order valence-electron chi connectivity index (χ2n) is 5.60. The van der Waals surface area contributed by atoms with Crippen molar-refractivity contribution in [3.05, 3.63) is 63.6 Å². The topological polar surface area (TPSA) is 21.3 Å². The van der Waals surface area contributed by atoms with Crippen LogP contribution in [0.4, 0.5) is 0 Å². The number of methoxy groups -OCH3 is 1. The molecular weight excluding hydrogens is 326 g/mol. The zero-order valence-electron chi connectivity index (χ0n) is 12.4. The molecule has 110 valence electrons. The quantitative estimate of drug-likeness (QED) is 0.859. The Kier molecular flexibility index (Phi) is 4.32. The highest BCUT2D eigenvalue weighted by molar-refractivity contribution is 9.10. The Labute approximate surface area is 134 Å². The SMILES string of the molecule is COc1cccc([C@@H](C)NC2CCc3cc(Br)ccc32)c1. The van der Waals surface area contributed by atoms with E-state index in [-0.39, 0.29) is 0 Å². The van der Waals surface area contributed by atoms with Crippen molar-refractivity contribution in [1.82, 2.24) is 5.32 Å². The number of fused-ring (bicyclic) bond motifs is 1. The fraction of sp³-hybridized carbons (Fsp3) is 0.333. The molecule has 2 nitrogen and oxygen atoms in total. The van der Waals surface area contributed by atoms with E-state index in [2.05, 4.69) is 58.5 Å². The third kappa shape index (κ3) is 3.14. The molecule has 0 bridgehead atoms. The standard InChI is InChI=1S/C18H20BrNO/c1-12(13-4-3-5-16(11-13)21-2)20-18-9-6-14-10-15(19)7-8-17(14)18/h3-5,7-8,10-12,18,20H,6,9H2,1-2H3/t12-,18?/m1/s1. The number of rotatable bonds is 4. The lowest BCUT2D eigenvalue weighted by Crippen LogP contribution is -2.23. The molecule has 0 amide bonds. The predicted octanol–water partition coefficient (Wildman–Crippen LogP) is 4.80. The van der Waals surface area contributed by atoms with Crippen LogP contribution in [0.3, 0.4) is 0 Å². The number of benzene rings is 2. The van der Waals surface area contributed by atoms with Crippen LogP contribution in [0.5, 0.6) is 5.75 Å². The highest BCUT2D eigenvalue weighted by Gasteiger charge is 2.24. The van der Waals surface area contributed by atoms with Gasteiger partial charge in [-0.2, -0.15) is 0 Å². The van der Waals surface area contributed by atoms with Crippen LogP contribution < -0.4 is 10.1 Å². The normalized spacial score (nSPS) is 18.3. The molecule has 2 aromatic carbocycles. The second-order valence-corrected chi connectivity index (χ2v) is 6.52. The van der Waals surface area contributed by atoms with E-state index in [1.54, 1.807) is 7.11 Å². The summed E-state index contributed by atoms with van der Waals surface area (Å²) in [6.07, 6.45) is 2.32. The molecule has 2 aromatic rings. The number of nitrogens with one attached hydrogen (secondary N) is 1. The molecule has 0 fully saturated rings. The minimum Gasteiger partial charge on any atom is -0.497 e. The molecule has 0 saturated heterocycles. The van der Waals surface area contributed by atoms with Gasteiger partial charge >= 0.3 is 0 Å². The molecule has 1 aliphatic rings. The van der Waals surface area contributed by atoms with E-state index in [0.29, 0.717) is 12.1 Å². The summed E-state index contributed by atoms with van der Waals surface area (Å²) < 4.78 is 6.48. The summed E-state index contributed by atoms with van der Waals surface area (Å²) in [6.45, 7) is 2.21. The number of aryl methyl sites for hydroxylation is 1. The highest BCUT2D eigenvalue weighted by Crippen LogP contribution is 2.34. The number of hydrogen-bond donors (Lipinski definition) is 1. The van der Waals surface area contributed by atoms with Crippen LogP contribution in [0.15, 0.2) is 46.9 Å². The molecule has 1 unspecified atom stereocenters. The van der Waals surface area contributed by atoms with Gasteiger partial charge in [0.1, 0.15) is 5.75 Å². The van der Waals surface area contributed by atoms with Crippen LogP contribution in [-0.4, -0.2) is 7.11 Å². The lowest BCUT2D eigenvalue weighted by Gasteiger charge is -2.21. The van der Waals surface area contributed by atoms with Crippen molar-refractivity contribution < 1.29 is 4.74 Å². The van der Waals surface area contributed by atoms with Crippen LogP contribution in [-0.2, 0) is 6.42 Å². The Morgan fingerprint density at radius 2 is 2.10 bits per heavy atom. The first-order valence-corrected chi connectivity index (χ1v) is 8.15. The molecule has 1 aliphatic carbocycles. The average molecular weight is 346 g/mol. The smallest absolute Gasteiger partial charge is 0.119 e. The average Bonchev–Trinajstić information content (AvgIpc) is 2.89. The first kappa shape index (κ1) is 14.6. The third-order valence-electron chi connectivity index (χ3n) is 4.23. The molecule has 0 heterocycles. The molecule has 2 atom stereocenters. The molecule has 1 N–H and O–H groups in total. The van der Waals surface area contributed by atoms with E-state index in [1.807, 2.05) is 12.1 Å². The van der Waals surface area contributed by atoms with Gasteiger partial charge in [-0.1, -0.05) is 34.1 Å². The third-order valence-corrected chi connectivity index (χ3v) is 4.72. The zero-order valence-corrected chi connectivity index (χ0v) is 14.0. The van der Waals surface area contributed by atoms with Crippen molar-refractivity contribution in [3.63, 3.8) is 0 Å². The van der Waals surface area contributed by atoms with Crippen molar-refractivity contribution >= 4 is 15.9 Å². The molecule has 3 rings (SSSR count). The van der Waals surface area contributed by atoms with Crippen LogP contribution in [0, 0.1) is 0 Å². The Bertz CT molecular complexity index is 641. The van der Waals surface area contributed by atoms with Crippen LogP contribution in [0.2, 0.25) is 0 Å². The fourth-order valence-corrected chi connectivity index (χ4v) is 3.48. The minimum atomic E-state index is 0.305. The molecule has 0 spiro atoms. The lowest BCUT2D eigenvalue weighted by atomic mass is 10.0. The van der Waals surface area contributed by atoms with E-state index < -0.39 is 0 Å². The van der Waals surface area contributed by atoms with Gasteiger partial charge in [0.2, 0.25) is 0 Å². The lowest BCUT2D eigenvalue weighted by molar-refractivity contribution is 0.411. The molecule has 0 aromatic heterocycles. The Hall–Kier alpha value is -1.32. The van der Waals surface area contributed by atoms with E-state index >= 15 is 0 Å². The summed E-state index contributed by atoms with van der Waals surface area (Å²) >= 11 is 3.55. The largest absolute Gasteiger partial charge is 0.497 e. The Balaban J connectivity index is 1.76. The summed E-state index contributed by atoms with van der Waals surface area (Å²) in [5.41, 5.74) is 4.16. The van der Waals surface area contributed by atoms with Gasteiger partial charge in [0, 0.05) is 16.6 Å². The monoisotopic (exact) mass is 345 g/mol. The van der Waals surface area contributed by atoms with Gasteiger partial charge in [0.05, 0.1) is 7.11 Å². The molecule has 0 aliphatic heterocycles. The summed E-state index contributed by atoms with van der Waals surface area (Å²) in [6, 6.07) is 15.6. The van der Waals surface area contributed by atoms with Gasteiger partial charge in [-0.05, 0) is 60.7 Å². The van der Waals surface area contributed by atoms with Crippen LogP contribution in [0.1, 0.15) is 42.1 Å². The van der Waals surface area contributed by atoms with E-state index in [0.717, 1.165) is 12.2 Å². The highest BCUT2D eigenvalue weighted by atomic mass is 79.9. The van der Waals surface area contributed by atoms with E-state index in [4.69, 9.17) is 4.74 Å². The minimum absolute atomic E-state index is 0.305. The first-order chi connectivity index (χ1) is 10.2. The molecule has 21 heavy (non-hydrogen) atoms. The number of halogens is 1. The Morgan fingerprint density at radius 1 is 1.24 bits per heavy atom. The molecular formula is C18H20BrNO.